The van der Waals surface area contributed by atoms with Crippen LogP contribution in [0.3, 0.4) is 0 Å². The quantitative estimate of drug-likeness (QED) is 0.837. The van der Waals surface area contributed by atoms with Crippen molar-refractivity contribution >= 4 is 12.1 Å². The van der Waals surface area contributed by atoms with Gasteiger partial charge in [0.15, 0.2) is 0 Å². The molecule has 0 aromatic rings. The van der Waals surface area contributed by atoms with Gasteiger partial charge in [0.2, 0.25) is 0 Å². The number of carbonyl (C=O) groups is 2. The molecule has 2 fully saturated rings. The highest BCUT2D eigenvalue weighted by molar-refractivity contribution is 5.72. The Labute approximate surface area is 107 Å². The second-order valence-corrected chi connectivity index (χ2v) is 5.61. The molecule has 0 radical (unpaired) electrons. The predicted octanol–water partition coefficient (Wildman–Crippen LogP) is 2.39. The van der Waals surface area contributed by atoms with Gasteiger partial charge in [0.25, 0.3) is 0 Å². The van der Waals surface area contributed by atoms with Gasteiger partial charge in [0.1, 0.15) is 6.61 Å². The summed E-state index contributed by atoms with van der Waals surface area (Å²) in [6.45, 7) is 2.26. The van der Waals surface area contributed by atoms with Crippen LogP contribution in [0.4, 0.5) is 4.79 Å². The van der Waals surface area contributed by atoms with Crippen LogP contribution in [0.5, 0.6) is 0 Å². The van der Waals surface area contributed by atoms with Crippen molar-refractivity contribution in [3.63, 3.8) is 0 Å². The van der Waals surface area contributed by atoms with Gasteiger partial charge in [-0.05, 0) is 26.2 Å². The lowest BCUT2D eigenvalue weighted by Crippen LogP contribution is -2.51. The molecular weight excluding hydrogens is 234 g/mol. The molecule has 102 valence electrons. The first kappa shape index (κ1) is 13.2. The molecule has 2 rings (SSSR count). The first-order valence-electron chi connectivity index (χ1n) is 6.71. The van der Waals surface area contributed by atoms with Crippen LogP contribution in [0.1, 0.15) is 51.9 Å². The van der Waals surface area contributed by atoms with Gasteiger partial charge in [-0.25, -0.2) is 4.79 Å². The molecule has 1 N–H and O–H groups in total. The number of ether oxygens (including phenoxy) is 1. The molecule has 1 saturated carbocycles. The monoisotopic (exact) mass is 255 g/mol. The lowest BCUT2D eigenvalue weighted by molar-refractivity contribution is -0.137. The third-order valence-electron chi connectivity index (χ3n) is 4.10. The van der Waals surface area contributed by atoms with E-state index in [0.717, 1.165) is 25.7 Å². The van der Waals surface area contributed by atoms with Crippen molar-refractivity contribution in [2.45, 2.75) is 63.5 Å². The Kier molecular flexibility index (Phi) is 3.78. The number of hydrogen-bond donors (Lipinski definition) is 1. The Bertz CT molecular complexity index is 338. The van der Waals surface area contributed by atoms with Gasteiger partial charge in [-0.15, -0.1) is 0 Å². The molecule has 5 nitrogen and oxygen atoms in total. The number of cyclic esters (lactones) is 1. The summed E-state index contributed by atoms with van der Waals surface area (Å²) in [5.41, 5.74) is -0.447. The summed E-state index contributed by atoms with van der Waals surface area (Å²) >= 11 is 0. The highest BCUT2D eigenvalue weighted by atomic mass is 16.6. The largest absolute Gasteiger partial charge is 0.481 e. The molecule has 1 aliphatic heterocycles. The van der Waals surface area contributed by atoms with Crippen LogP contribution >= 0.6 is 0 Å². The van der Waals surface area contributed by atoms with Gasteiger partial charge < -0.3 is 9.84 Å². The molecule has 1 amide bonds. The fourth-order valence-corrected chi connectivity index (χ4v) is 3.07. The highest BCUT2D eigenvalue weighted by Gasteiger charge is 2.47. The van der Waals surface area contributed by atoms with E-state index in [1.807, 2.05) is 11.8 Å². The number of nitrogens with zero attached hydrogens (tertiary/aromatic N) is 1. The van der Waals surface area contributed by atoms with Gasteiger partial charge in [0, 0.05) is 12.5 Å². The lowest BCUT2D eigenvalue weighted by Gasteiger charge is -2.39. The molecule has 0 aromatic heterocycles. The Morgan fingerprint density at radius 3 is 2.72 bits per heavy atom. The molecule has 0 aromatic carbocycles. The zero-order valence-corrected chi connectivity index (χ0v) is 10.9. The Hall–Kier alpha value is -1.26. The number of rotatable bonds is 4. The van der Waals surface area contributed by atoms with E-state index in [0.29, 0.717) is 13.0 Å². The number of carboxylic acids is 1. The third-order valence-corrected chi connectivity index (χ3v) is 4.10. The van der Waals surface area contributed by atoms with E-state index < -0.39 is 11.5 Å². The number of amides is 1. The van der Waals surface area contributed by atoms with Crippen LogP contribution < -0.4 is 0 Å². The van der Waals surface area contributed by atoms with Crippen molar-refractivity contribution in [1.82, 2.24) is 4.90 Å². The van der Waals surface area contributed by atoms with Crippen LogP contribution in [0.25, 0.3) is 0 Å². The average molecular weight is 255 g/mol. The van der Waals surface area contributed by atoms with Crippen molar-refractivity contribution in [1.29, 1.82) is 0 Å². The summed E-state index contributed by atoms with van der Waals surface area (Å²) in [5.74, 6) is -0.820. The molecule has 1 atom stereocenters. The Balaban J connectivity index is 2.07. The summed E-state index contributed by atoms with van der Waals surface area (Å²) in [7, 11) is 0. The number of hydrogen-bond acceptors (Lipinski definition) is 3. The van der Waals surface area contributed by atoms with Crippen LogP contribution in [0, 0.1) is 0 Å². The van der Waals surface area contributed by atoms with E-state index in [1.54, 1.807) is 0 Å². The third kappa shape index (κ3) is 2.60. The van der Waals surface area contributed by atoms with Crippen LogP contribution in [0.15, 0.2) is 0 Å². The lowest BCUT2D eigenvalue weighted by atomic mass is 9.88. The molecule has 18 heavy (non-hydrogen) atoms. The minimum Gasteiger partial charge on any atom is -0.481 e. The van der Waals surface area contributed by atoms with Crippen molar-refractivity contribution in [2.75, 3.05) is 6.61 Å². The van der Waals surface area contributed by atoms with Gasteiger partial charge in [0.05, 0.1) is 5.54 Å². The maximum atomic E-state index is 11.9. The molecule has 0 bridgehead atoms. The van der Waals surface area contributed by atoms with Crippen LogP contribution in [0.2, 0.25) is 0 Å². The Morgan fingerprint density at radius 1 is 1.44 bits per heavy atom. The molecule has 1 saturated heterocycles. The van der Waals surface area contributed by atoms with E-state index in [2.05, 4.69) is 0 Å². The second kappa shape index (κ2) is 5.16. The van der Waals surface area contributed by atoms with E-state index in [4.69, 9.17) is 9.84 Å². The zero-order valence-electron chi connectivity index (χ0n) is 10.9. The number of carbonyl (C=O) groups excluding carboxylic acids is 1. The van der Waals surface area contributed by atoms with E-state index >= 15 is 0 Å². The van der Waals surface area contributed by atoms with Gasteiger partial charge in [-0.2, -0.15) is 0 Å². The smallest absolute Gasteiger partial charge is 0.410 e. The van der Waals surface area contributed by atoms with Crippen molar-refractivity contribution in [3.8, 4) is 0 Å². The normalized spacial score (nSPS) is 29.4. The summed E-state index contributed by atoms with van der Waals surface area (Å²) in [4.78, 5) is 24.4. The van der Waals surface area contributed by atoms with Crippen molar-refractivity contribution < 1.29 is 19.4 Å². The number of aliphatic carboxylic acids is 1. The molecule has 5 heteroatoms. The average Bonchev–Trinajstić information content (AvgIpc) is 2.65. The van der Waals surface area contributed by atoms with Gasteiger partial charge >= 0.3 is 12.1 Å². The molecular formula is C13H21NO4. The summed E-state index contributed by atoms with van der Waals surface area (Å²) in [6, 6.07) is 0.229. The van der Waals surface area contributed by atoms with Crippen LogP contribution in [-0.4, -0.2) is 40.3 Å². The summed E-state index contributed by atoms with van der Waals surface area (Å²) in [6.07, 6.45) is 5.81. The number of carboxylic acid groups (broad SMARTS) is 1. The van der Waals surface area contributed by atoms with E-state index in [9.17, 15) is 9.59 Å². The summed E-state index contributed by atoms with van der Waals surface area (Å²) in [5, 5.41) is 8.81. The molecule has 0 spiro atoms. The van der Waals surface area contributed by atoms with Gasteiger partial charge in [-0.3, -0.25) is 9.69 Å². The maximum Gasteiger partial charge on any atom is 0.410 e. The van der Waals surface area contributed by atoms with E-state index in [-0.39, 0.29) is 18.6 Å². The second-order valence-electron chi connectivity index (χ2n) is 5.61. The Morgan fingerprint density at radius 2 is 2.11 bits per heavy atom. The SMILES string of the molecule is CC1(CCC(=O)O)COC(=O)N1C1CCCCC1. The zero-order chi connectivity index (χ0) is 13.2. The van der Waals surface area contributed by atoms with Gasteiger partial charge in [-0.1, -0.05) is 19.3 Å². The maximum absolute atomic E-state index is 11.9. The first-order valence-corrected chi connectivity index (χ1v) is 6.71. The van der Waals surface area contributed by atoms with Crippen LogP contribution in [-0.2, 0) is 9.53 Å². The fourth-order valence-electron chi connectivity index (χ4n) is 3.07. The minimum absolute atomic E-state index is 0.0797. The van der Waals surface area contributed by atoms with Crippen molar-refractivity contribution in [3.05, 3.63) is 0 Å². The fraction of sp³-hybridized carbons (Fsp3) is 0.846. The minimum atomic E-state index is -0.820. The van der Waals surface area contributed by atoms with Crippen molar-refractivity contribution in [2.24, 2.45) is 0 Å². The molecule has 1 heterocycles. The topological polar surface area (TPSA) is 66.8 Å². The molecule has 1 unspecified atom stereocenters. The summed E-state index contributed by atoms with van der Waals surface area (Å²) < 4.78 is 5.16. The standard InChI is InChI=1S/C13H21NO4/c1-13(8-7-11(15)16)9-18-12(17)14(13)10-5-3-2-4-6-10/h10H,2-9H2,1H3,(H,15,16). The highest BCUT2D eigenvalue weighted by Crippen LogP contribution is 2.35. The molecule has 2 aliphatic rings. The van der Waals surface area contributed by atoms with E-state index in [1.165, 1.54) is 6.42 Å². The first-order chi connectivity index (χ1) is 8.53. The predicted molar refractivity (Wildman–Crippen MR) is 65.3 cm³/mol. The molecule has 1 aliphatic carbocycles.